The Kier molecular flexibility index (Phi) is 6.28. The fraction of sp³-hybridized carbons (Fsp3) is 0. The van der Waals surface area contributed by atoms with Crippen molar-refractivity contribution in [3.8, 4) is 56.4 Å². The van der Waals surface area contributed by atoms with Crippen molar-refractivity contribution in [1.82, 2.24) is 15.0 Å². The Hall–Kier alpha value is -4.60. The van der Waals surface area contributed by atoms with Crippen LogP contribution in [0.1, 0.15) is 0 Å². The minimum absolute atomic E-state index is 0.636. The average molecular weight is 496 g/mol. The molecule has 0 fully saturated rings. The van der Waals surface area contributed by atoms with Crippen LogP contribution in [0.4, 0.5) is 0 Å². The van der Waals surface area contributed by atoms with E-state index < -0.39 is 0 Å². The summed E-state index contributed by atoms with van der Waals surface area (Å²) in [5.74, 6) is 1.92. The van der Waals surface area contributed by atoms with Gasteiger partial charge in [0, 0.05) is 21.7 Å². The summed E-state index contributed by atoms with van der Waals surface area (Å²) in [6, 6.07) is 44.8. The lowest BCUT2D eigenvalue weighted by Crippen LogP contribution is -2.00. The second kappa shape index (κ2) is 10.2. The van der Waals surface area contributed by atoms with Crippen LogP contribution in [0.2, 0.25) is 5.02 Å². The number of rotatable bonds is 5. The predicted molar refractivity (Wildman–Crippen MR) is 152 cm³/mol. The van der Waals surface area contributed by atoms with Crippen molar-refractivity contribution in [2.75, 3.05) is 0 Å². The molecule has 0 bridgehead atoms. The molecule has 0 atom stereocenters. The molecule has 0 amide bonds. The van der Waals surface area contributed by atoms with Crippen molar-refractivity contribution in [3.05, 3.63) is 138 Å². The zero-order valence-electron chi connectivity index (χ0n) is 19.9. The Morgan fingerprint density at radius 3 is 1.30 bits per heavy atom. The highest BCUT2D eigenvalue weighted by atomic mass is 35.5. The largest absolute Gasteiger partial charge is 0.208 e. The molecule has 6 aromatic rings. The molecule has 5 aromatic carbocycles. The maximum absolute atomic E-state index is 6.06. The highest BCUT2D eigenvalue weighted by molar-refractivity contribution is 6.30. The number of benzene rings is 5. The van der Waals surface area contributed by atoms with Gasteiger partial charge in [-0.3, -0.25) is 0 Å². The van der Waals surface area contributed by atoms with Crippen molar-refractivity contribution in [2.24, 2.45) is 0 Å². The van der Waals surface area contributed by atoms with E-state index in [2.05, 4.69) is 48.5 Å². The zero-order valence-corrected chi connectivity index (χ0v) is 20.7. The van der Waals surface area contributed by atoms with Crippen LogP contribution in [0.25, 0.3) is 56.4 Å². The van der Waals surface area contributed by atoms with Crippen molar-refractivity contribution < 1.29 is 0 Å². The first-order valence-electron chi connectivity index (χ1n) is 12.1. The van der Waals surface area contributed by atoms with E-state index in [4.69, 9.17) is 26.6 Å². The van der Waals surface area contributed by atoms with E-state index in [0.717, 1.165) is 44.0 Å². The maximum atomic E-state index is 6.06. The third-order valence-electron chi connectivity index (χ3n) is 6.22. The van der Waals surface area contributed by atoms with Crippen LogP contribution in [0, 0.1) is 0 Å². The van der Waals surface area contributed by atoms with Gasteiger partial charge in [-0.05, 0) is 40.5 Å². The SMILES string of the molecule is Clc1ccc(-c2ccc(-c3nc(-c4ccccc4)nc(-c4cccc(-c5ccccc5)c4)n3)cc2)cc1. The Morgan fingerprint density at radius 1 is 0.324 bits per heavy atom. The van der Waals surface area contributed by atoms with Crippen LogP contribution in [0.3, 0.4) is 0 Å². The van der Waals surface area contributed by atoms with Crippen molar-refractivity contribution in [1.29, 1.82) is 0 Å². The van der Waals surface area contributed by atoms with Gasteiger partial charge >= 0.3 is 0 Å². The molecule has 0 aliphatic rings. The topological polar surface area (TPSA) is 38.7 Å². The molecule has 1 heterocycles. The highest BCUT2D eigenvalue weighted by Crippen LogP contribution is 2.29. The van der Waals surface area contributed by atoms with E-state index in [-0.39, 0.29) is 0 Å². The average Bonchev–Trinajstić information content (AvgIpc) is 2.98. The molecule has 0 N–H and O–H groups in total. The van der Waals surface area contributed by atoms with Crippen molar-refractivity contribution >= 4 is 11.6 Å². The highest BCUT2D eigenvalue weighted by Gasteiger charge is 2.13. The summed E-state index contributed by atoms with van der Waals surface area (Å²) in [6.45, 7) is 0. The second-order valence-electron chi connectivity index (χ2n) is 8.70. The third kappa shape index (κ3) is 5.04. The van der Waals surface area contributed by atoms with E-state index in [0.29, 0.717) is 17.5 Å². The summed E-state index contributed by atoms with van der Waals surface area (Å²) in [6.07, 6.45) is 0. The number of aromatic nitrogens is 3. The quantitative estimate of drug-likeness (QED) is 0.240. The van der Waals surface area contributed by atoms with Crippen LogP contribution < -0.4 is 0 Å². The van der Waals surface area contributed by atoms with Gasteiger partial charge in [0.15, 0.2) is 17.5 Å². The van der Waals surface area contributed by atoms with Gasteiger partial charge in [0.05, 0.1) is 0 Å². The molecule has 0 aliphatic heterocycles. The van der Waals surface area contributed by atoms with Gasteiger partial charge < -0.3 is 0 Å². The Morgan fingerprint density at radius 2 is 0.703 bits per heavy atom. The lowest BCUT2D eigenvalue weighted by molar-refractivity contribution is 1.07. The summed E-state index contributed by atoms with van der Waals surface area (Å²) in [5.41, 5.74) is 7.30. The van der Waals surface area contributed by atoms with Crippen LogP contribution in [-0.4, -0.2) is 15.0 Å². The molecule has 0 unspecified atom stereocenters. The Balaban J connectivity index is 1.44. The molecule has 6 rings (SSSR count). The van der Waals surface area contributed by atoms with Gasteiger partial charge in [-0.25, -0.2) is 15.0 Å². The van der Waals surface area contributed by atoms with Crippen molar-refractivity contribution in [3.63, 3.8) is 0 Å². The molecule has 37 heavy (non-hydrogen) atoms. The first-order valence-corrected chi connectivity index (χ1v) is 12.4. The first-order chi connectivity index (χ1) is 18.2. The second-order valence-corrected chi connectivity index (χ2v) is 9.14. The molecular weight excluding hydrogens is 474 g/mol. The van der Waals surface area contributed by atoms with Crippen LogP contribution in [0.5, 0.6) is 0 Å². The fourth-order valence-corrected chi connectivity index (χ4v) is 4.40. The molecule has 1 aromatic heterocycles. The minimum Gasteiger partial charge on any atom is -0.208 e. The van der Waals surface area contributed by atoms with Gasteiger partial charge in [-0.1, -0.05) is 127 Å². The summed E-state index contributed by atoms with van der Waals surface area (Å²) >= 11 is 6.06. The normalized spacial score (nSPS) is 10.8. The summed E-state index contributed by atoms with van der Waals surface area (Å²) in [5, 5.41) is 0.725. The van der Waals surface area contributed by atoms with E-state index in [1.54, 1.807) is 0 Å². The van der Waals surface area contributed by atoms with Crippen LogP contribution in [-0.2, 0) is 0 Å². The summed E-state index contributed by atoms with van der Waals surface area (Å²) in [4.78, 5) is 14.6. The van der Waals surface area contributed by atoms with Crippen LogP contribution >= 0.6 is 11.6 Å². The number of halogens is 1. The molecule has 0 aliphatic carbocycles. The number of nitrogens with zero attached hydrogens (tertiary/aromatic N) is 3. The molecule has 176 valence electrons. The van der Waals surface area contributed by atoms with Gasteiger partial charge in [0.1, 0.15) is 0 Å². The third-order valence-corrected chi connectivity index (χ3v) is 6.47. The fourth-order valence-electron chi connectivity index (χ4n) is 4.27. The molecule has 0 radical (unpaired) electrons. The van der Waals surface area contributed by atoms with Gasteiger partial charge in [0.2, 0.25) is 0 Å². The molecule has 0 saturated heterocycles. The van der Waals surface area contributed by atoms with E-state index in [1.807, 2.05) is 84.9 Å². The number of hydrogen-bond acceptors (Lipinski definition) is 3. The van der Waals surface area contributed by atoms with Gasteiger partial charge in [-0.15, -0.1) is 0 Å². The standard InChI is InChI=1S/C33H22ClN3/c34-30-20-18-25(19-21-30)24-14-16-27(17-15-24)32-35-31(26-10-5-2-6-11-26)36-33(37-32)29-13-7-12-28(22-29)23-8-3-1-4-9-23/h1-22H. The van der Waals surface area contributed by atoms with E-state index in [9.17, 15) is 0 Å². The Bertz CT molecular complexity index is 1650. The lowest BCUT2D eigenvalue weighted by Gasteiger charge is -2.10. The lowest BCUT2D eigenvalue weighted by atomic mass is 10.0. The molecule has 4 heteroatoms. The maximum Gasteiger partial charge on any atom is 0.164 e. The van der Waals surface area contributed by atoms with Crippen molar-refractivity contribution in [2.45, 2.75) is 0 Å². The van der Waals surface area contributed by atoms with E-state index >= 15 is 0 Å². The number of hydrogen-bond donors (Lipinski definition) is 0. The van der Waals surface area contributed by atoms with Gasteiger partial charge in [0.25, 0.3) is 0 Å². The smallest absolute Gasteiger partial charge is 0.164 e. The monoisotopic (exact) mass is 495 g/mol. The summed E-state index contributed by atoms with van der Waals surface area (Å²) < 4.78 is 0. The van der Waals surface area contributed by atoms with Gasteiger partial charge in [-0.2, -0.15) is 0 Å². The molecular formula is C33H22ClN3. The molecule has 0 saturated carbocycles. The molecule has 0 spiro atoms. The summed E-state index contributed by atoms with van der Waals surface area (Å²) in [7, 11) is 0. The van der Waals surface area contributed by atoms with Crippen LogP contribution in [0.15, 0.2) is 133 Å². The van der Waals surface area contributed by atoms with E-state index in [1.165, 1.54) is 0 Å². The minimum atomic E-state index is 0.636. The Labute approximate surface area is 221 Å². The molecule has 3 nitrogen and oxygen atoms in total. The zero-order chi connectivity index (χ0) is 25.0. The first kappa shape index (κ1) is 22.8. The predicted octanol–water partition coefficient (Wildman–Crippen LogP) is 8.86.